The molecule has 0 aliphatic heterocycles. The van der Waals surface area contributed by atoms with Crippen LogP contribution >= 0.6 is 0 Å². The van der Waals surface area contributed by atoms with Crippen LogP contribution in [0.4, 0.5) is 0 Å². The third-order valence-corrected chi connectivity index (χ3v) is 3.23. The lowest BCUT2D eigenvalue weighted by Gasteiger charge is -2.22. The Labute approximate surface area is 109 Å². The molecule has 0 atom stereocenters. The van der Waals surface area contributed by atoms with Crippen LogP contribution in [0.3, 0.4) is 0 Å². The fraction of sp³-hybridized carbons (Fsp3) is 0.533. The van der Waals surface area contributed by atoms with E-state index in [1.54, 1.807) is 7.11 Å². The topological polar surface area (TPSA) is 52.3 Å². The van der Waals surface area contributed by atoms with Gasteiger partial charge in [-0.2, -0.15) is 0 Å². The second-order valence-corrected chi connectivity index (χ2v) is 5.61. The fourth-order valence-corrected chi connectivity index (χ4v) is 1.91. The van der Waals surface area contributed by atoms with Crippen molar-refractivity contribution in [2.24, 2.45) is 11.1 Å². The van der Waals surface area contributed by atoms with Gasteiger partial charge in [0.15, 0.2) is 5.78 Å². The molecule has 3 nitrogen and oxygen atoms in total. The molecule has 0 heterocycles. The summed E-state index contributed by atoms with van der Waals surface area (Å²) in [6.45, 7) is 8.41. The first-order valence-corrected chi connectivity index (χ1v) is 6.19. The lowest BCUT2D eigenvalue weighted by Crippen LogP contribution is -2.27. The number of hydrogen-bond acceptors (Lipinski definition) is 3. The van der Waals surface area contributed by atoms with Gasteiger partial charge >= 0.3 is 0 Å². The third kappa shape index (κ3) is 3.33. The van der Waals surface area contributed by atoms with Crippen LogP contribution in [0.25, 0.3) is 0 Å². The molecule has 0 radical (unpaired) electrons. The van der Waals surface area contributed by atoms with Crippen molar-refractivity contribution in [1.29, 1.82) is 0 Å². The molecule has 18 heavy (non-hydrogen) atoms. The third-order valence-electron chi connectivity index (χ3n) is 3.23. The summed E-state index contributed by atoms with van der Waals surface area (Å²) in [5, 5.41) is 0. The van der Waals surface area contributed by atoms with E-state index in [4.69, 9.17) is 10.5 Å². The molecule has 0 amide bonds. The molecule has 0 saturated heterocycles. The minimum Gasteiger partial charge on any atom is -0.496 e. The van der Waals surface area contributed by atoms with Crippen molar-refractivity contribution in [3.8, 4) is 5.75 Å². The SMILES string of the molecule is COc1cc(C)c(C(=O)CC(C)(C)CN)cc1C. The molecule has 1 rings (SSSR count). The molecule has 0 aromatic heterocycles. The largest absolute Gasteiger partial charge is 0.496 e. The number of carbonyl (C=O) groups excluding carboxylic acids is 1. The summed E-state index contributed by atoms with van der Waals surface area (Å²) in [5.41, 5.74) is 8.23. The number of nitrogens with two attached hydrogens (primary N) is 1. The van der Waals surface area contributed by atoms with Crippen molar-refractivity contribution >= 4 is 5.78 Å². The van der Waals surface area contributed by atoms with Gasteiger partial charge in [-0.15, -0.1) is 0 Å². The summed E-state index contributed by atoms with van der Waals surface area (Å²) in [4.78, 5) is 12.3. The summed E-state index contributed by atoms with van der Waals surface area (Å²) in [5.74, 6) is 0.968. The maximum Gasteiger partial charge on any atom is 0.163 e. The van der Waals surface area contributed by atoms with Crippen molar-refractivity contribution in [2.75, 3.05) is 13.7 Å². The maximum atomic E-state index is 12.3. The highest BCUT2D eigenvalue weighted by Crippen LogP contribution is 2.27. The van der Waals surface area contributed by atoms with Crippen molar-refractivity contribution in [2.45, 2.75) is 34.1 Å². The van der Waals surface area contributed by atoms with Crippen molar-refractivity contribution in [1.82, 2.24) is 0 Å². The molecule has 100 valence electrons. The summed E-state index contributed by atoms with van der Waals surface area (Å²) in [7, 11) is 1.64. The number of aryl methyl sites for hydroxylation is 2. The zero-order valence-electron chi connectivity index (χ0n) is 12.0. The van der Waals surface area contributed by atoms with Crippen LogP contribution in [0.5, 0.6) is 5.75 Å². The van der Waals surface area contributed by atoms with Gasteiger partial charge in [0.25, 0.3) is 0 Å². The lowest BCUT2D eigenvalue weighted by molar-refractivity contribution is 0.0934. The van der Waals surface area contributed by atoms with Crippen molar-refractivity contribution < 1.29 is 9.53 Å². The minimum absolute atomic E-state index is 0.147. The Morgan fingerprint density at radius 3 is 2.39 bits per heavy atom. The number of carbonyl (C=O) groups is 1. The Bertz CT molecular complexity index is 450. The Morgan fingerprint density at radius 2 is 1.89 bits per heavy atom. The highest BCUT2D eigenvalue weighted by molar-refractivity contribution is 5.98. The predicted molar refractivity (Wildman–Crippen MR) is 74.3 cm³/mol. The molecule has 1 aromatic rings. The Hall–Kier alpha value is -1.35. The Morgan fingerprint density at radius 1 is 1.28 bits per heavy atom. The van der Waals surface area contributed by atoms with Gasteiger partial charge in [-0.3, -0.25) is 4.79 Å². The van der Waals surface area contributed by atoms with Gasteiger partial charge in [-0.1, -0.05) is 13.8 Å². The smallest absolute Gasteiger partial charge is 0.163 e. The van der Waals surface area contributed by atoms with E-state index < -0.39 is 0 Å². The number of hydrogen-bond donors (Lipinski definition) is 1. The molecule has 2 N–H and O–H groups in total. The van der Waals surface area contributed by atoms with Crippen LogP contribution in [-0.4, -0.2) is 19.4 Å². The van der Waals surface area contributed by atoms with Crippen molar-refractivity contribution in [3.05, 3.63) is 28.8 Å². The van der Waals surface area contributed by atoms with E-state index in [2.05, 4.69) is 0 Å². The van der Waals surface area contributed by atoms with Crippen LogP contribution in [0.15, 0.2) is 12.1 Å². The maximum absolute atomic E-state index is 12.3. The molecule has 0 aliphatic carbocycles. The zero-order valence-corrected chi connectivity index (χ0v) is 12.0. The molecule has 0 bridgehead atoms. The van der Waals surface area contributed by atoms with Crippen LogP contribution in [-0.2, 0) is 0 Å². The van der Waals surface area contributed by atoms with E-state index in [0.717, 1.165) is 22.4 Å². The van der Waals surface area contributed by atoms with E-state index in [1.165, 1.54) is 0 Å². The van der Waals surface area contributed by atoms with E-state index >= 15 is 0 Å². The number of benzene rings is 1. The van der Waals surface area contributed by atoms with E-state index in [-0.39, 0.29) is 11.2 Å². The molecule has 1 aromatic carbocycles. The molecular weight excluding hydrogens is 226 g/mol. The summed E-state index contributed by atoms with van der Waals surface area (Å²) in [6.07, 6.45) is 0.468. The number of methoxy groups -OCH3 is 1. The average Bonchev–Trinajstić information content (AvgIpc) is 2.30. The number of rotatable bonds is 5. The molecule has 0 spiro atoms. The molecule has 0 unspecified atom stereocenters. The van der Waals surface area contributed by atoms with Crippen LogP contribution in [0.2, 0.25) is 0 Å². The minimum atomic E-state index is -0.155. The van der Waals surface area contributed by atoms with Crippen LogP contribution in [0, 0.1) is 19.3 Å². The molecule has 0 saturated carbocycles. The monoisotopic (exact) mass is 249 g/mol. The quantitative estimate of drug-likeness (QED) is 0.816. The number of ether oxygens (including phenoxy) is 1. The van der Waals surface area contributed by atoms with E-state index in [9.17, 15) is 4.79 Å². The molecule has 3 heteroatoms. The van der Waals surface area contributed by atoms with Gasteiger partial charge in [0.05, 0.1) is 7.11 Å². The van der Waals surface area contributed by atoms with Crippen LogP contribution < -0.4 is 10.5 Å². The van der Waals surface area contributed by atoms with Gasteiger partial charge in [0, 0.05) is 12.0 Å². The van der Waals surface area contributed by atoms with Gasteiger partial charge in [0.2, 0.25) is 0 Å². The highest BCUT2D eigenvalue weighted by Gasteiger charge is 2.22. The molecule has 0 fully saturated rings. The second kappa shape index (κ2) is 5.53. The van der Waals surface area contributed by atoms with Gasteiger partial charge < -0.3 is 10.5 Å². The standard InChI is InChI=1S/C15H23NO2/c1-10-7-14(18-5)11(2)6-12(10)13(17)8-15(3,4)9-16/h6-7H,8-9,16H2,1-5H3. The highest BCUT2D eigenvalue weighted by atomic mass is 16.5. The average molecular weight is 249 g/mol. The van der Waals surface area contributed by atoms with Crippen molar-refractivity contribution in [3.63, 3.8) is 0 Å². The van der Waals surface area contributed by atoms with E-state index in [1.807, 2.05) is 39.8 Å². The fourth-order valence-electron chi connectivity index (χ4n) is 1.91. The second-order valence-electron chi connectivity index (χ2n) is 5.61. The number of ketones is 1. The van der Waals surface area contributed by atoms with Crippen LogP contribution in [0.1, 0.15) is 41.8 Å². The predicted octanol–water partition coefficient (Wildman–Crippen LogP) is 2.87. The van der Waals surface area contributed by atoms with Gasteiger partial charge in [-0.05, 0) is 49.1 Å². The Kier molecular flexibility index (Phi) is 4.52. The lowest BCUT2D eigenvalue weighted by atomic mass is 9.84. The molecular formula is C15H23NO2. The normalized spacial score (nSPS) is 11.4. The van der Waals surface area contributed by atoms with Gasteiger partial charge in [0.1, 0.15) is 5.75 Å². The number of Topliss-reactive ketones (excluding diaryl/α,β-unsaturated/α-hetero) is 1. The van der Waals surface area contributed by atoms with E-state index in [0.29, 0.717) is 13.0 Å². The summed E-state index contributed by atoms with van der Waals surface area (Å²) >= 11 is 0. The zero-order chi connectivity index (χ0) is 13.9. The van der Waals surface area contributed by atoms with Gasteiger partial charge in [-0.25, -0.2) is 0 Å². The first-order valence-electron chi connectivity index (χ1n) is 6.19. The summed E-state index contributed by atoms with van der Waals surface area (Å²) < 4.78 is 5.25. The first kappa shape index (κ1) is 14.7. The first-order chi connectivity index (χ1) is 8.30. The Balaban J connectivity index is 3.04. The molecule has 0 aliphatic rings. The summed E-state index contributed by atoms with van der Waals surface area (Å²) in [6, 6.07) is 3.82.